The van der Waals surface area contributed by atoms with Crippen molar-refractivity contribution in [2.75, 3.05) is 35.8 Å². The number of nitrogens with zero attached hydrogens (tertiary/aromatic N) is 3. The number of nitrogens with one attached hydrogen (secondary N) is 1. The first-order valence-electron chi connectivity index (χ1n) is 8.26. The largest absolute Gasteiger partial charge is 0.378 e. The molecule has 2 aromatic rings. The SMILES string of the molecule is CC(=O)N(CCC(=O)Nc1ccc(N(C)C)cc1)c1cccc(C#N)c1. The fourth-order valence-electron chi connectivity index (χ4n) is 2.49. The van der Waals surface area contributed by atoms with E-state index >= 15 is 0 Å². The van der Waals surface area contributed by atoms with Crippen molar-refractivity contribution in [3.63, 3.8) is 0 Å². The molecule has 0 saturated carbocycles. The number of benzene rings is 2. The molecule has 0 radical (unpaired) electrons. The summed E-state index contributed by atoms with van der Waals surface area (Å²) >= 11 is 0. The van der Waals surface area contributed by atoms with Gasteiger partial charge in [0.25, 0.3) is 0 Å². The lowest BCUT2D eigenvalue weighted by Crippen LogP contribution is -2.32. The smallest absolute Gasteiger partial charge is 0.226 e. The van der Waals surface area contributed by atoms with Crippen LogP contribution in [-0.4, -0.2) is 32.5 Å². The van der Waals surface area contributed by atoms with E-state index in [2.05, 4.69) is 11.4 Å². The Hall–Kier alpha value is -3.33. The van der Waals surface area contributed by atoms with Crippen molar-refractivity contribution in [3.8, 4) is 6.07 Å². The van der Waals surface area contributed by atoms with Crippen molar-refractivity contribution in [2.45, 2.75) is 13.3 Å². The zero-order chi connectivity index (χ0) is 19.1. The Kier molecular flexibility index (Phi) is 6.34. The van der Waals surface area contributed by atoms with Gasteiger partial charge in [0.15, 0.2) is 0 Å². The molecule has 0 aliphatic rings. The number of carbonyl (C=O) groups excluding carboxylic acids is 2. The minimum atomic E-state index is -0.178. The summed E-state index contributed by atoms with van der Waals surface area (Å²) in [6.07, 6.45) is 0.159. The minimum Gasteiger partial charge on any atom is -0.378 e. The second-order valence-corrected chi connectivity index (χ2v) is 6.07. The Morgan fingerprint density at radius 3 is 2.35 bits per heavy atom. The zero-order valence-electron chi connectivity index (χ0n) is 15.2. The van der Waals surface area contributed by atoms with Crippen LogP contribution in [0.4, 0.5) is 17.1 Å². The van der Waals surface area contributed by atoms with Gasteiger partial charge in [0.05, 0.1) is 11.6 Å². The van der Waals surface area contributed by atoms with Crippen LogP contribution in [0.5, 0.6) is 0 Å². The molecule has 0 bridgehead atoms. The summed E-state index contributed by atoms with van der Waals surface area (Å²) in [7, 11) is 3.90. The van der Waals surface area contributed by atoms with E-state index in [1.165, 1.54) is 11.8 Å². The molecule has 0 saturated heterocycles. The molecule has 2 rings (SSSR count). The van der Waals surface area contributed by atoms with Gasteiger partial charge in [-0.25, -0.2) is 0 Å². The molecule has 134 valence electrons. The summed E-state index contributed by atoms with van der Waals surface area (Å²) in [6.45, 7) is 1.68. The molecule has 0 atom stereocenters. The molecular weight excluding hydrogens is 328 g/mol. The van der Waals surface area contributed by atoms with Crippen molar-refractivity contribution < 1.29 is 9.59 Å². The molecular formula is C20H22N4O2. The summed E-state index contributed by atoms with van der Waals surface area (Å²) in [4.78, 5) is 27.6. The second-order valence-electron chi connectivity index (χ2n) is 6.07. The first kappa shape index (κ1) is 19.0. The molecule has 2 amide bonds. The molecule has 0 aromatic heterocycles. The Morgan fingerprint density at radius 2 is 1.77 bits per heavy atom. The van der Waals surface area contributed by atoms with Crippen LogP contribution in [0.1, 0.15) is 18.9 Å². The average Bonchev–Trinajstić information content (AvgIpc) is 2.62. The van der Waals surface area contributed by atoms with Crippen LogP contribution in [0, 0.1) is 11.3 Å². The molecule has 0 unspecified atom stereocenters. The highest BCUT2D eigenvalue weighted by molar-refractivity contribution is 5.95. The van der Waals surface area contributed by atoms with Gasteiger partial charge in [0.2, 0.25) is 11.8 Å². The van der Waals surface area contributed by atoms with E-state index in [9.17, 15) is 9.59 Å². The highest BCUT2D eigenvalue weighted by Crippen LogP contribution is 2.18. The van der Waals surface area contributed by atoms with Crippen LogP contribution in [-0.2, 0) is 9.59 Å². The van der Waals surface area contributed by atoms with Crippen molar-refractivity contribution in [1.82, 2.24) is 0 Å². The predicted octanol–water partition coefficient (Wildman–Crippen LogP) is 3.01. The van der Waals surface area contributed by atoms with E-state index in [-0.39, 0.29) is 24.8 Å². The van der Waals surface area contributed by atoms with Gasteiger partial charge in [-0.15, -0.1) is 0 Å². The van der Waals surface area contributed by atoms with Crippen LogP contribution in [0.2, 0.25) is 0 Å². The van der Waals surface area contributed by atoms with Crippen LogP contribution < -0.4 is 15.1 Å². The first-order chi connectivity index (χ1) is 12.4. The normalized spacial score (nSPS) is 9.92. The van der Waals surface area contributed by atoms with Crippen LogP contribution >= 0.6 is 0 Å². The summed E-state index contributed by atoms with van der Waals surface area (Å²) < 4.78 is 0. The maximum absolute atomic E-state index is 12.2. The molecule has 1 N–H and O–H groups in total. The molecule has 0 fully saturated rings. The van der Waals surface area contributed by atoms with E-state index in [1.54, 1.807) is 24.3 Å². The van der Waals surface area contributed by atoms with Gasteiger partial charge in [-0.05, 0) is 42.5 Å². The number of amides is 2. The summed E-state index contributed by atoms with van der Waals surface area (Å²) in [6, 6.07) is 16.4. The zero-order valence-corrected chi connectivity index (χ0v) is 15.2. The third-order valence-electron chi connectivity index (χ3n) is 3.90. The Morgan fingerprint density at radius 1 is 1.08 bits per heavy atom. The highest BCUT2D eigenvalue weighted by atomic mass is 16.2. The van der Waals surface area contributed by atoms with E-state index in [1.807, 2.05) is 43.3 Å². The molecule has 6 heteroatoms. The number of rotatable bonds is 6. The van der Waals surface area contributed by atoms with Gasteiger partial charge in [-0.1, -0.05) is 6.07 Å². The molecule has 0 aliphatic heterocycles. The lowest BCUT2D eigenvalue weighted by molar-refractivity contribution is -0.117. The minimum absolute atomic E-state index is 0.159. The monoisotopic (exact) mass is 350 g/mol. The first-order valence-corrected chi connectivity index (χ1v) is 8.26. The third kappa shape index (κ3) is 5.08. The number of nitriles is 1. The van der Waals surface area contributed by atoms with Crippen molar-refractivity contribution in [1.29, 1.82) is 5.26 Å². The Labute approximate surface area is 153 Å². The molecule has 2 aromatic carbocycles. The molecule has 6 nitrogen and oxygen atoms in total. The van der Waals surface area contributed by atoms with E-state index < -0.39 is 0 Å². The highest BCUT2D eigenvalue weighted by Gasteiger charge is 2.14. The maximum Gasteiger partial charge on any atom is 0.226 e. The van der Waals surface area contributed by atoms with Gasteiger partial charge in [-0.2, -0.15) is 5.26 Å². The molecule has 0 aliphatic carbocycles. The van der Waals surface area contributed by atoms with Crippen LogP contribution in [0.25, 0.3) is 0 Å². The molecule has 0 spiro atoms. The molecule has 0 heterocycles. The fraction of sp³-hybridized carbons (Fsp3) is 0.250. The number of hydrogen-bond acceptors (Lipinski definition) is 4. The summed E-state index contributed by atoms with van der Waals surface area (Å²) in [5.41, 5.74) is 2.84. The number of hydrogen-bond donors (Lipinski definition) is 1. The van der Waals surface area contributed by atoms with Gasteiger partial charge >= 0.3 is 0 Å². The van der Waals surface area contributed by atoms with Crippen molar-refractivity contribution in [2.24, 2.45) is 0 Å². The van der Waals surface area contributed by atoms with Gasteiger partial charge in [0, 0.05) is 51.0 Å². The van der Waals surface area contributed by atoms with Gasteiger partial charge in [0.1, 0.15) is 0 Å². The average molecular weight is 350 g/mol. The Balaban J connectivity index is 1.99. The number of anilines is 3. The lowest BCUT2D eigenvalue weighted by atomic mass is 10.2. The van der Waals surface area contributed by atoms with Crippen molar-refractivity contribution in [3.05, 3.63) is 54.1 Å². The maximum atomic E-state index is 12.2. The fourth-order valence-corrected chi connectivity index (χ4v) is 2.49. The Bertz CT molecular complexity index is 822. The summed E-state index contributed by atoms with van der Waals surface area (Å²) in [5, 5.41) is 11.8. The van der Waals surface area contributed by atoms with Gasteiger partial charge in [-0.3, -0.25) is 9.59 Å². The standard InChI is InChI=1S/C20H22N4O2/c1-15(25)24(19-6-4-5-16(13-19)14-21)12-11-20(26)22-17-7-9-18(10-8-17)23(2)3/h4-10,13H,11-12H2,1-3H3,(H,22,26). The third-order valence-corrected chi connectivity index (χ3v) is 3.90. The summed E-state index contributed by atoms with van der Waals surface area (Å²) in [5.74, 6) is -0.353. The van der Waals surface area contributed by atoms with Crippen LogP contribution in [0.3, 0.4) is 0 Å². The quantitative estimate of drug-likeness (QED) is 0.869. The second kappa shape index (κ2) is 8.67. The van der Waals surface area contributed by atoms with E-state index in [0.717, 1.165) is 5.69 Å². The van der Waals surface area contributed by atoms with Crippen LogP contribution in [0.15, 0.2) is 48.5 Å². The van der Waals surface area contributed by atoms with Gasteiger partial charge < -0.3 is 15.1 Å². The van der Waals surface area contributed by atoms with E-state index in [4.69, 9.17) is 5.26 Å². The van der Waals surface area contributed by atoms with E-state index in [0.29, 0.717) is 16.9 Å². The molecule has 26 heavy (non-hydrogen) atoms. The topological polar surface area (TPSA) is 76.4 Å². The predicted molar refractivity (Wildman–Crippen MR) is 103 cm³/mol. The lowest BCUT2D eigenvalue weighted by Gasteiger charge is -2.21. The number of carbonyl (C=O) groups is 2. The van der Waals surface area contributed by atoms with Crippen molar-refractivity contribution >= 4 is 28.9 Å².